The molecule has 1 amide bonds. The normalized spacial score (nSPS) is 11.0. The van der Waals surface area contributed by atoms with Crippen molar-refractivity contribution < 1.29 is 22.7 Å². The maximum atomic E-state index is 12.4. The number of methoxy groups -OCH3 is 2. The molecule has 1 N–H and O–H groups in total. The fraction of sp³-hybridized carbons (Fsp3) is 0.312. The molecule has 1 aromatic carbocycles. The maximum absolute atomic E-state index is 12.4. The molecule has 0 aliphatic heterocycles. The Morgan fingerprint density at radius 2 is 2.04 bits per heavy atom. The summed E-state index contributed by atoms with van der Waals surface area (Å²) >= 11 is 2.63. The minimum Gasteiger partial charge on any atom is -0.493 e. The van der Waals surface area contributed by atoms with Crippen LogP contribution in [0.1, 0.15) is 0 Å². The zero-order chi connectivity index (χ0) is 20.7. The van der Waals surface area contributed by atoms with E-state index >= 15 is 0 Å². The van der Waals surface area contributed by atoms with E-state index in [4.69, 9.17) is 9.47 Å². The van der Waals surface area contributed by atoms with E-state index in [2.05, 4.69) is 22.1 Å². The highest BCUT2D eigenvalue weighted by molar-refractivity contribution is 8.01. The van der Waals surface area contributed by atoms with Crippen LogP contribution in [0.4, 0.5) is 10.8 Å². The van der Waals surface area contributed by atoms with E-state index in [-0.39, 0.29) is 10.8 Å². The van der Waals surface area contributed by atoms with Crippen molar-refractivity contribution in [2.45, 2.75) is 4.34 Å². The molecule has 0 saturated carbocycles. The average molecular weight is 445 g/mol. The minimum absolute atomic E-state index is 0.273. The second-order valence-corrected chi connectivity index (χ2v) is 9.48. The number of rotatable bonds is 10. The van der Waals surface area contributed by atoms with Gasteiger partial charge in [0.25, 0.3) is 0 Å². The summed E-state index contributed by atoms with van der Waals surface area (Å²) in [7, 11) is -0.812. The van der Waals surface area contributed by atoms with Gasteiger partial charge in [-0.2, -0.15) is 0 Å². The van der Waals surface area contributed by atoms with Crippen LogP contribution in [0.2, 0.25) is 0 Å². The van der Waals surface area contributed by atoms with Crippen LogP contribution in [0.25, 0.3) is 0 Å². The summed E-state index contributed by atoms with van der Waals surface area (Å²) in [6, 6.07) is 4.59. The molecule has 2 rings (SSSR count). The number of thioether (sulfide) groups is 1. The second kappa shape index (κ2) is 9.75. The van der Waals surface area contributed by atoms with Gasteiger partial charge in [-0.25, -0.2) is 8.42 Å². The predicted molar refractivity (Wildman–Crippen MR) is 111 cm³/mol. The summed E-state index contributed by atoms with van der Waals surface area (Å²) in [5.74, 6) is 0.922. The number of hydrogen-bond acceptors (Lipinski definition) is 9. The average Bonchev–Trinajstić information content (AvgIpc) is 3.10. The lowest BCUT2D eigenvalue weighted by Gasteiger charge is -2.22. The van der Waals surface area contributed by atoms with Gasteiger partial charge < -0.3 is 9.47 Å². The Balaban J connectivity index is 2.17. The topological polar surface area (TPSA) is 111 Å². The van der Waals surface area contributed by atoms with Gasteiger partial charge in [0, 0.05) is 11.8 Å². The number of hydrogen-bond donors (Lipinski definition) is 1. The molecular weight excluding hydrogens is 424 g/mol. The lowest BCUT2D eigenvalue weighted by atomic mass is 10.2. The lowest BCUT2D eigenvalue weighted by molar-refractivity contribution is -0.114. The lowest BCUT2D eigenvalue weighted by Crippen LogP contribution is -2.37. The summed E-state index contributed by atoms with van der Waals surface area (Å²) in [6.07, 6.45) is 2.75. The second-order valence-electron chi connectivity index (χ2n) is 5.33. The Kier molecular flexibility index (Phi) is 7.66. The highest BCUT2D eigenvalue weighted by Gasteiger charge is 2.23. The quantitative estimate of drug-likeness (QED) is 0.337. The Labute approximate surface area is 171 Å². The van der Waals surface area contributed by atoms with Crippen molar-refractivity contribution in [1.29, 1.82) is 0 Å². The zero-order valence-corrected chi connectivity index (χ0v) is 18.0. The van der Waals surface area contributed by atoms with Crippen molar-refractivity contribution >= 4 is 49.8 Å². The Hall–Kier alpha value is -2.31. The molecule has 0 aliphatic carbocycles. The van der Waals surface area contributed by atoms with Crippen LogP contribution >= 0.6 is 23.1 Å². The van der Waals surface area contributed by atoms with E-state index in [1.165, 1.54) is 49.5 Å². The Morgan fingerprint density at radius 1 is 1.32 bits per heavy atom. The molecule has 0 unspecified atom stereocenters. The standard InChI is InChI=1S/C16H20N4O5S3/c1-5-8-26-16-19-18-15(27-16)17-14(21)10-20(28(4,22)23)11-6-7-12(24-2)13(9-11)25-3/h5-7,9H,1,8,10H2,2-4H3,(H,17,18,21). The molecule has 0 aliphatic rings. The van der Waals surface area contributed by atoms with Crippen molar-refractivity contribution in [3.63, 3.8) is 0 Å². The van der Waals surface area contributed by atoms with Crippen molar-refractivity contribution in [3.8, 4) is 11.5 Å². The monoisotopic (exact) mass is 444 g/mol. The number of sulfonamides is 1. The molecule has 12 heteroatoms. The molecule has 0 saturated heterocycles. The first-order chi connectivity index (χ1) is 13.3. The molecule has 0 atom stereocenters. The Morgan fingerprint density at radius 3 is 2.64 bits per heavy atom. The molecule has 0 radical (unpaired) electrons. The number of nitrogens with one attached hydrogen (secondary N) is 1. The van der Waals surface area contributed by atoms with E-state index in [1.54, 1.807) is 12.1 Å². The Bertz CT molecular complexity index is 946. The van der Waals surface area contributed by atoms with Crippen LogP contribution in [-0.2, 0) is 14.8 Å². The molecule has 1 aromatic heterocycles. The molecule has 1 heterocycles. The molecular formula is C16H20N4O5S3. The number of aromatic nitrogens is 2. The number of anilines is 2. The van der Waals surface area contributed by atoms with E-state index in [9.17, 15) is 13.2 Å². The van der Waals surface area contributed by atoms with Crippen LogP contribution in [0, 0.1) is 0 Å². The number of benzene rings is 1. The summed E-state index contributed by atoms with van der Waals surface area (Å²) in [4.78, 5) is 12.4. The minimum atomic E-state index is -3.73. The molecule has 0 fully saturated rings. The van der Waals surface area contributed by atoms with E-state index in [0.29, 0.717) is 21.6 Å². The number of nitrogens with zero attached hydrogens (tertiary/aromatic N) is 3. The van der Waals surface area contributed by atoms with Crippen LogP contribution in [0.15, 0.2) is 35.2 Å². The maximum Gasteiger partial charge on any atom is 0.246 e. The molecule has 9 nitrogen and oxygen atoms in total. The van der Waals surface area contributed by atoms with Gasteiger partial charge in [-0.3, -0.25) is 14.4 Å². The van der Waals surface area contributed by atoms with Gasteiger partial charge in [0.2, 0.25) is 21.1 Å². The zero-order valence-electron chi connectivity index (χ0n) is 15.5. The largest absolute Gasteiger partial charge is 0.493 e. The SMILES string of the molecule is C=CCSc1nnc(NC(=O)CN(c2ccc(OC)c(OC)c2)S(C)(=O)=O)s1. The summed E-state index contributed by atoms with van der Waals surface area (Å²) < 4.78 is 36.5. The summed E-state index contributed by atoms with van der Waals surface area (Å²) in [5, 5.41) is 10.7. The van der Waals surface area contributed by atoms with Gasteiger partial charge >= 0.3 is 0 Å². The number of carbonyl (C=O) groups excluding carboxylic acids is 1. The summed E-state index contributed by atoms with van der Waals surface area (Å²) in [5.41, 5.74) is 0.273. The van der Waals surface area contributed by atoms with Crippen molar-refractivity contribution in [2.24, 2.45) is 0 Å². The molecule has 0 spiro atoms. The third-order valence-electron chi connectivity index (χ3n) is 3.32. The van der Waals surface area contributed by atoms with Crippen molar-refractivity contribution in [1.82, 2.24) is 10.2 Å². The van der Waals surface area contributed by atoms with Crippen LogP contribution < -0.4 is 19.1 Å². The fourth-order valence-corrected chi connectivity index (χ4v) is 4.50. The van der Waals surface area contributed by atoms with E-state index < -0.39 is 22.5 Å². The van der Waals surface area contributed by atoms with Gasteiger partial charge in [0.1, 0.15) is 6.54 Å². The van der Waals surface area contributed by atoms with Crippen molar-refractivity contribution in [3.05, 3.63) is 30.9 Å². The van der Waals surface area contributed by atoms with Crippen LogP contribution in [-0.4, -0.2) is 57.3 Å². The summed E-state index contributed by atoms with van der Waals surface area (Å²) in [6.45, 7) is 3.20. The van der Waals surface area contributed by atoms with Crippen molar-refractivity contribution in [2.75, 3.05) is 42.4 Å². The van der Waals surface area contributed by atoms with E-state index in [1.807, 2.05) is 0 Å². The van der Waals surface area contributed by atoms with Gasteiger partial charge in [-0.05, 0) is 12.1 Å². The number of amides is 1. The highest BCUT2D eigenvalue weighted by Crippen LogP contribution is 2.32. The van der Waals surface area contributed by atoms with Gasteiger partial charge in [-0.1, -0.05) is 29.2 Å². The number of ether oxygens (including phenoxy) is 2. The molecule has 152 valence electrons. The molecule has 28 heavy (non-hydrogen) atoms. The van der Waals surface area contributed by atoms with Crippen LogP contribution in [0.3, 0.4) is 0 Å². The van der Waals surface area contributed by atoms with Gasteiger partial charge in [-0.15, -0.1) is 16.8 Å². The van der Waals surface area contributed by atoms with Gasteiger partial charge in [0.15, 0.2) is 15.8 Å². The predicted octanol–water partition coefficient (Wildman–Crippen LogP) is 2.24. The first-order valence-electron chi connectivity index (χ1n) is 7.85. The highest BCUT2D eigenvalue weighted by atomic mass is 32.2. The van der Waals surface area contributed by atoms with Gasteiger partial charge in [0.05, 0.1) is 26.2 Å². The third kappa shape index (κ3) is 5.84. The third-order valence-corrected chi connectivity index (χ3v) is 6.43. The first kappa shape index (κ1) is 22.0. The smallest absolute Gasteiger partial charge is 0.246 e. The molecule has 2 aromatic rings. The molecule has 0 bridgehead atoms. The first-order valence-corrected chi connectivity index (χ1v) is 11.5. The number of carbonyl (C=O) groups is 1. The van der Waals surface area contributed by atoms with Crippen LogP contribution in [0.5, 0.6) is 11.5 Å². The fourth-order valence-electron chi connectivity index (χ4n) is 2.12. The van der Waals surface area contributed by atoms with E-state index in [0.717, 1.165) is 10.6 Å².